The lowest BCUT2D eigenvalue weighted by Gasteiger charge is -2.40. The number of allylic oxidation sites excluding steroid dienone is 10. The van der Waals surface area contributed by atoms with Crippen LogP contribution in [0.2, 0.25) is 0 Å². The van der Waals surface area contributed by atoms with Crippen LogP contribution in [0.25, 0.3) is 0 Å². The topological polar surface area (TPSA) is 175 Å². The van der Waals surface area contributed by atoms with Crippen LogP contribution in [0.5, 0.6) is 0 Å². The minimum absolute atomic E-state index is 0.0488. The highest BCUT2D eigenvalue weighted by atomic mass is 16.7. The lowest BCUT2D eigenvalue weighted by atomic mass is 9.98. The zero-order valence-electron chi connectivity index (χ0n) is 47.5. The fourth-order valence-electron chi connectivity index (χ4n) is 8.90. The van der Waals surface area contributed by atoms with Crippen molar-refractivity contribution in [2.75, 3.05) is 13.2 Å². The van der Waals surface area contributed by atoms with Gasteiger partial charge in [-0.2, -0.15) is 0 Å². The van der Waals surface area contributed by atoms with Crippen LogP contribution in [0.3, 0.4) is 0 Å². The van der Waals surface area contributed by atoms with Gasteiger partial charge in [0.2, 0.25) is 0 Å². The average Bonchev–Trinajstić information content (AvgIpc) is 3.39. The van der Waals surface area contributed by atoms with Crippen molar-refractivity contribution < 1.29 is 58.2 Å². The molecule has 12 heteroatoms. The average molecular weight is 1060 g/mol. The minimum atomic E-state index is -1.91. The predicted molar refractivity (Wildman–Crippen MR) is 303 cm³/mol. The Morgan fingerprint density at radius 2 is 0.840 bits per heavy atom. The fraction of sp³-hybridized carbons (Fsp3) is 0.778. The number of carboxylic acid groups (broad SMARTS) is 1. The van der Waals surface area contributed by atoms with E-state index in [2.05, 4.69) is 81.5 Å². The van der Waals surface area contributed by atoms with E-state index in [1.54, 1.807) is 0 Å². The van der Waals surface area contributed by atoms with Gasteiger partial charge >= 0.3 is 23.9 Å². The SMILES string of the molecule is CC/C=C\C/C=C\C/C=C\CCCCCCCCCC(=O)OCC(COC1OC(C(=O)O)C(O)C(O)C1OC(=O)CCCCCCC/C=C\CCCCCCCC)OC(=O)CCCCCCC/C=C\CCCCCC. The minimum Gasteiger partial charge on any atom is -0.479 e. The van der Waals surface area contributed by atoms with E-state index >= 15 is 0 Å². The van der Waals surface area contributed by atoms with Crippen molar-refractivity contribution in [3.8, 4) is 0 Å². The van der Waals surface area contributed by atoms with Crippen molar-refractivity contribution in [2.45, 2.75) is 302 Å². The summed E-state index contributed by atoms with van der Waals surface area (Å²) in [5.74, 6) is -3.14. The third-order valence-electron chi connectivity index (χ3n) is 13.5. The monoisotopic (exact) mass is 1060 g/mol. The summed E-state index contributed by atoms with van der Waals surface area (Å²) in [7, 11) is 0. The summed E-state index contributed by atoms with van der Waals surface area (Å²) in [6.45, 7) is 5.85. The smallest absolute Gasteiger partial charge is 0.335 e. The van der Waals surface area contributed by atoms with E-state index in [-0.39, 0.29) is 25.9 Å². The normalized spacial score (nSPS) is 18.5. The molecule has 6 unspecified atom stereocenters. The Labute approximate surface area is 456 Å². The summed E-state index contributed by atoms with van der Waals surface area (Å²) < 4.78 is 28.4. The first-order valence-corrected chi connectivity index (χ1v) is 30.3. The maximum Gasteiger partial charge on any atom is 0.335 e. The van der Waals surface area contributed by atoms with E-state index < -0.39 is 67.3 Å². The van der Waals surface area contributed by atoms with Gasteiger partial charge in [-0.3, -0.25) is 14.4 Å². The van der Waals surface area contributed by atoms with Crippen molar-refractivity contribution in [3.05, 3.63) is 60.8 Å². The quantitative estimate of drug-likeness (QED) is 0.0228. The lowest BCUT2D eigenvalue weighted by Crippen LogP contribution is -2.61. The molecule has 6 atom stereocenters. The number of ether oxygens (including phenoxy) is 5. The highest BCUT2D eigenvalue weighted by Crippen LogP contribution is 2.26. The van der Waals surface area contributed by atoms with Gasteiger partial charge in [0.25, 0.3) is 0 Å². The van der Waals surface area contributed by atoms with Gasteiger partial charge in [0.05, 0.1) is 6.61 Å². The van der Waals surface area contributed by atoms with Crippen LogP contribution in [-0.4, -0.2) is 89.2 Å². The summed E-state index contributed by atoms with van der Waals surface area (Å²) in [6.07, 6.45) is 50.4. The predicted octanol–water partition coefficient (Wildman–Crippen LogP) is 15.6. The number of hydrogen-bond donors (Lipinski definition) is 3. The maximum absolute atomic E-state index is 13.1. The van der Waals surface area contributed by atoms with Crippen LogP contribution >= 0.6 is 0 Å². The number of carbonyl (C=O) groups is 4. The summed E-state index contributed by atoms with van der Waals surface area (Å²) in [6, 6.07) is 0. The molecule has 1 saturated heterocycles. The molecule has 1 fully saturated rings. The number of hydrogen-bond acceptors (Lipinski definition) is 11. The second-order valence-electron chi connectivity index (χ2n) is 20.6. The van der Waals surface area contributed by atoms with Gasteiger partial charge < -0.3 is 39.0 Å². The van der Waals surface area contributed by atoms with Crippen LogP contribution in [0, 0.1) is 0 Å². The molecule has 0 spiro atoms. The Balaban J connectivity index is 2.69. The second kappa shape index (κ2) is 51.2. The molecular weight excluding hydrogens is 949 g/mol. The number of aliphatic carboxylic acids is 1. The summed E-state index contributed by atoms with van der Waals surface area (Å²) in [5, 5.41) is 31.5. The van der Waals surface area contributed by atoms with Gasteiger partial charge in [-0.25, -0.2) is 4.79 Å². The summed E-state index contributed by atoms with van der Waals surface area (Å²) in [4.78, 5) is 51.1. The van der Waals surface area contributed by atoms with Crippen molar-refractivity contribution >= 4 is 23.9 Å². The summed E-state index contributed by atoms with van der Waals surface area (Å²) >= 11 is 0. The molecule has 0 saturated carbocycles. The molecule has 1 aliphatic heterocycles. The molecule has 0 radical (unpaired) electrons. The molecule has 0 aromatic heterocycles. The molecule has 3 N–H and O–H groups in total. The van der Waals surface area contributed by atoms with Crippen molar-refractivity contribution in [1.82, 2.24) is 0 Å². The molecule has 1 rings (SSSR count). The van der Waals surface area contributed by atoms with E-state index in [0.717, 1.165) is 135 Å². The van der Waals surface area contributed by atoms with Crippen molar-refractivity contribution in [3.63, 3.8) is 0 Å². The molecule has 0 amide bonds. The molecular formula is C63H108O12. The van der Waals surface area contributed by atoms with Gasteiger partial charge in [-0.1, -0.05) is 204 Å². The van der Waals surface area contributed by atoms with E-state index in [1.807, 2.05) is 0 Å². The summed E-state index contributed by atoms with van der Waals surface area (Å²) in [5.41, 5.74) is 0. The Morgan fingerprint density at radius 3 is 1.31 bits per heavy atom. The highest BCUT2D eigenvalue weighted by molar-refractivity contribution is 5.74. The van der Waals surface area contributed by atoms with Gasteiger partial charge in [-0.05, 0) is 103 Å². The first-order valence-electron chi connectivity index (χ1n) is 30.3. The van der Waals surface area contributed by atoms with Gasteiger partial charge in [0.15, 0.2) is 24.6 Å². The maximum atomic E-state index is 13.1. The van der Waals surface area contributed by atoms with Crippen LogP contribution in [0.4, 0.5) is 0 Å². The molecule has 0 aromatic rings. The van der Waals surface area contributed by atoms with Gasteiger partial charge in [0.1, 0.15) is 18.8 Å². The highest BCUT2D eigenvalue weighted by Gasteiger charge is 2.50. The number of rotatable bonds is 51. The second-order valence-corrected chi connectivity index (χ2v) is 20.6. The third kappa shape index (κ3) is 41.2. The zero-order valence-corrected chi connectivity index (χ0v) is 47.5. The Bertz CT molecular complexity index is 1540. The van der Waals surface area contributed by atoms with E-state index in [4.69, 9.17) is 23.7 Å². The van der Waals surface area contributed by atoms with Crippen LogP contribution in [-0.2, 0) is 42.9 Å². The Hall–Kier alpha value is -3.58. The number of aliphatic hydroxyl groups excluding tert-OH is 2. The first-order chi connectivity index (χ1) is 36.6. The molecule has 432 valence electrons. The fourth-order valence-corrected chi connectivity index (χ4v) is 8.90. The molecule has 1 heterocycles. The van der Waals surface area contributed by atoms with Crippen LogP contribution in [0.1, 0.15) is 265 Å². The molecule has 0 aliphatic carbocycles. The largest absolute Gasteiger partial charge is 0.479 e. The number of unbranched alkanes of at least 4 members (excludes halogenated alkanes) is 27. The van der Waals surface area contributed by atoms with Crippen molar-refractivity contribution in [2.24, 2.45) is 0 Å². The third-order valence-corrected chi connectivity index (χ3v) is 13.5. The van der Waals surface area contributed by atoms with Crippen molar-refractivity contribution in [1.29, 1.82) is 0 Å². The number of aliphatic hydroxyl groups is 2. The number of esters is 3. The Kier molecular flexibility index (Phi) is 47.4. The standard InChI is InChI=1S/C63H108O12/c1-4-7-10-13-16-19-22-25-27-28-30-32-34-37-40-43-46-49-55(64)71-52-54(73-56(65)50-47-44-41-38-35-31-24-21-18-15-12-9-6-3)53-72-63-61(59(68)58(67)60(75-63)62(69)70)74-57(66)51-48-45-42-39-36-33-29-26-23-20-17-14-11-8-5-2/h7,10,16,19,21,24-27,29,54,58-61,63,67-68H,4-6,8-9,11-15,17-18,20,22-23,28,30-53H2,1-3H3,(H,69,70)/b10-7-,19-16-,24-21-,27-25-,29-26-. The molecule has 0 bridgehead atoms. The number of carboxylic acids is 1. The van der Waals surface area contributed by atoms with Gasteiger partial charge in [-0.15, -0.1) is 0 Å². The van der Waals surface area contributed by atoms with E-state index in [1.165, 1.54) is 70.6 Å². The Morgan fingerprint density at radius 1 is 0.453 bits per heavy atom. The first kappa shape index (κ1) is 69.4. The molecule has 0 aromatic carbocycles. The van der Waals surface area contributed by atoms with E-state index in [9.17, 15) is 34.5 Å². The van der Waals surface area contributed by atoms with Crippen LogP contribution in [0.15, 0.2) is 60.8 Å². The molecule has 12 nitrogen and oxygen atoms in total. The number of carbonyl (C=O) groups excluding carboxylic acids is 3. The van der Waals surface area contributed by atoms with E-state index in [0.29, 0.717) is 19.3 Å². The lowest BCUT2D eigenvalue weighted by molar-refractivity contribution is -0.301. The molecule has 75 heavy (non-hydrogen) atoms. The van der Waals surface area contributed by atoms with Crippen LogP contribution < -0.4 is 0 Å². The zero-order chi connectivity index (χ0) is 54.7. The van der Waals surface area contributed by atoms with Gasteiger partial charge in [0, 0.05) is 19.3 Å². The molecule has 1 aliphatic rings.